The minimum absolute atomic E-state index is 0.0779. The van der Waals surface area contributed by atoms with Crippen molar-refractivity contribution in [3.8, 4) is 0 Å². The van der Waals surface area contributed by atoms with Crippen molar-refractivity contribution in [2.45, 2.75) is 48.9 Å². The third-order valence-corrected chi connectivity index (χ3v) is 5.89. The summed E-state index contributed by atoms with van der Waals surface area (Å²) in [7, 11) is 0. The van der Waals surface area contributed by atoms with Crippen LogP contribution in [0.5, 0.6) is 0 Å². The first kappa shape index (κ1) is 16.5. The van der Waals surface area contributed by atoms with Gasteiger partial charge in [0, 0.05) is 17.2 Å². The van der Waals surface area contributed by atoms with Gasteiger partial charge in [0.15, 0.2) is 0 Å². The number of Topliss-reactive ketones (excluding diaryl/α,β-unsaturated/α-hetero) is 1. The Morgan fingerprint density at radius 2 is 1.92 bits per heavy atom. The number of imide groups is 1. The second-order valence-corrected chi connectivity index (χ2v) is 9.11. The number of rotatable bonds is 2. The summed E-state index contributed by atoms with van der Waals surface area (Å²) in [6.45, 7) is 2.06. The third-order valence-electron chi connectivity index (χ3n) is 5.30. The first-order valence-corrected chi connectivity index (χ1v) is 9.27. The van der Waals surface area contributed by atoms with Gasteiger partial charge in [-0.2, -0.15) is 0 Å². The van der Waals surface area contributed by atoms with Gasteiger partial charge in [-0.1, -0.05) is 46.0 Å². The Labute approximate surface area is 154 Å². The van der Waals surface area contributed by atoms with Gasteiger partial charge in [-0.05, 0) is 37.8 Å². The van der Waals surface area contributed by atoms with Crippen molar-refractivity contribution in [1.29, 1.82) is 0 Å². The lowest BCUT2D eigenvalue weighted by atomic mass is 9.67. The maximum Gasteiger partial charge on any atom is 0.269 e. The van der Waals surface area contributed by atoms with E-state index in [0.717, 1.165) is 18.4 Å². The van der Waals surface area contributed by atoms with Crippen molar-refractivity contribution < 1.29 is 14.4 Å². The normalized spacial score (nSPS) is 30.4. The van der Waals surface area contributed by atoms with Crippen LogP contribution < -0.4 is 0 Å². The topological polar surface area (TPSA) is 54.5 Å². The van der Waals surface area contributed by atoms with Crippen molar-refractivity contribution in [3.05, 3.63) is 52.8 Å². The summed E-state index contributed by atoms with van der Waals surface area (Å²) in [4.78, 5) is 39.2. The average Bonchev–Trinajstić information content (AvgIpc) is 2.75. The highest BCUT2D eigenvalue weighted by molar-refractivity contribution is 9.10. The number of hydrogen-bond donors (Lipinski definition) is 0. The second kappa shape index (κ2) is 5.52. The van der Waals surface area contributed by atoms with E-state index in [-0.39, 0.29) is 34.8 Å². The van der Waals surface area contributed by atoms with Crippen LogP contribution in [0.3, 0.4) is 0 Å². The number of alkyl halides is 1. The standard InChI is InChI=1S/C20H18BrNO3/c1-19(21)8-6-15(7-9-19)20(11-16(23)12-20)22-17(24)13-4-2-3-5-14(10-13)18(22)25/h2,4,6-8H,3,5,9,11-12H2,1H3. The van der Waals surface area contributed by atoms with E-state index in [2.05, 4.69) is 28.6 Å². The molecule has 4 nitrogen and oxygen atoms in total. The van der Waals surface area contributed by atoms with Crippen LogP contribution in [0, 0.1) is 0 Å². The van der Waals surface area contributed by atoms with Gasteiger partial charge >= 0.3 is 0 Å². The molecule has 2 bridgehead atoms. The average molecular weight is 400 g/mol. The fourth-order valence-electron chi connectivity index (χ4n) is 3.86. The molecule has 128 valence electrons. The van der Waals surface area contributed by atoms with Crippen molar-refractivity contribution in [3.63, 3.8) is 0 Å². The molecule has 0 aromatic rings. The smallest absolute Gasteiger partial charge is 0.269 e. The maximum atomic E-state index is 13.0. The molecule has 0 saturated heterocycles. The van der Waals surface area contributed by atoms with Gasteiger partial charge in [-0.3, -0.25) is 19.3 Å². The predicted octanol–water partition coefficient (Wildman–Crippen LogP) is 3.30. The van der Waals surface area contributed by atoms with Crippen LogP contribution in [0.4, 0.5) is 0 Å². The molecule has 4 aliphatic rings. The Morgan fingerprint density at radius 1 is 1.16 bits per heavy atom. The monoisotopic (exact) mass is 399 g/mol. The van der Waals surface area contributed by atoms with E-state index in [9.17, 15) is 14.4 Å². The summed E-state index contributed by atoms with van der Waals surface area (Å²) in [5.41, 5.74) is 3.95. The van der Waals surface area contributed by atoms with Crippen molar-refractivity contribution in [2.24, 2.45) is 0 Å². The summed E-state index contributed by atoms with van der Waals surface area (Å²) in [6, 6.07) is 0. The zero-order valence-electron chi connectivity index (χ0n) is 14.0. The minimum atomic E-state index is -0.845. The molecule has 1 heterocycles. The number of hydrogen-bond acceptors (Lipinski definition) is 3. The lowest BCUT2D eigenvalue weighted by molar-refractivity contribution is -0.153. The van der Waals surface area contributed by atoms with Crippen molar-refractivity contribution in [2.75, 3.05) is 0 Å². The summed E-state index contributed by atoms with van der Waals surface area (Å²) in [5, 5.41) is 0. The molecule has 5 heteroatoms. The van der Waals surface area contributed by atoms with Gasteiger partial charge in [-0.15, -0.1) is 0 Å². The SMILES string of the molecule is CC1(Br)C=CC(C2(N3C(=O)C4=C=C(CCC=C4)C3=O)CC(=O)C2)=CC1. The van der Waals surface area contributed by atoms with E-state index < -0.39 is 5.54 Å². The van der Waals surface area contributed by atoms with Crippen LogP contribution in [-0.4, -0.2) is 32.4 Å². The van der Waals surface area contributed by atoms with E-state index in [1.165, 1.54) is 4.90 Å². The van der Waals surface area contributed by atoms with Crippen molar-refractivity contribution in [1.82, 2.24) is 4.90 Å². The minimum Gasteiger partial charge on any atom is -0.299 e. The number of amides is 2. The summed E-state index contributed by atoms with van der Waals surface area (Å²) < 4.78 is -0.136. The second-order valence-electron chi connectivity index (χ2n) is 7.30. The van der Waals surface area contributed by atoms with Crippen LogP contribution in [0.25, 0.3) is 0 Å². The molecule has 1 fully saturated rings. The number of allylic oxidation sites excluding steroid dienone is 3. The Kier molecular flexibility index (Phi) is 3.64. The molecule has 0 aromatic heterocycles. The lowest BCUT2D eigenvalue weighted by Crippen LogP contribution is -2.64. The lowest BCUT2D eigenvalue weighted by Gasteiger charge is -2.50. The first-order chi connectivity index (χ1) is 11.8. The predicted molar refractivity (Wildman–Crippen MR) is 96.9 cm³/mol. The summed E-state index contributed by atoms with van der Waals surface area (Å²) >= 11 is 3.63. The fraction of sp³-hybridized carbons (Fsp3) is 0.400. The van der Waals surface area contributed by atoms with Gasteiger partial charge < -0.3 is 0 Å². The molecule has 1 atom stereocenters. The number of carbonyl (C=O) groups excluding carboxylic acids is 3. The van der Waals surface area contributed by atoms with Crippen LogP contribution in [-0.2, 0) is 14.4 Å². The molecule has 0 radical (unpaired) electrons. The molecule has 25 heavy (non-hydrogen) atoms. The van der Waals surface area contributed by atoms with Gasteiger partial charge in [0.25, 0.3) is 11.8 Å². The zero-order chi connectivity index (χ0) is 17.8. The summed E-state index contributed by atoms with van der Waals surface area (Å²) in [5.74, 6) is -0.568. The van der Waals surface area contributed by atoms with Crippen LogP contribution >= 0.6 is 15.9 Å². The fourth-order valence-corrected chi connectivity index (χ4v) is 4.16. The third kappa shape index (κ3) is 2.54. The highest BCUT2D eigenvalue weighted by Gasteiger charge is 2.56. The molecular formula is C20H18BrNO3. The molecule has 4 rings (SSSR count). The number of carbonyl (C=O) groups is 3. The largest absolute Gasteiger partial charge is 0.299 e. The molecule has 1 aliphatic heterocycles. The molecule has 1 saturated carbocycles. The quantitative estimate of drug-likeness (QED) is 0.406. The van der Waals surface area contributed by atoms with Crippen molar-refractivity contribution >= 4 is 33.5 Å². The Balaban J connectivity index is 1.77. The molecule has 0 N–H and O–H groups in total. The van der Waals surface area contributed by atoms with Gasteiger partial charge in [-0.25, -0.2) is 0 Å². The van der Waals surface area contributed by atoms with Gasteiger partial charge in [0.05, 0.1) is 16.7 Å². The van der Waals surface area contributed by atoms with Crippen LogP contribution in [0.15, 0.2) is 52.8 Å². The number of nitrogens with zero attached hydrogens (tertiary/aromatic N) is 1. The van der Waals surface area contributed by atoms with Gasteiger partial charge in [0.2, 0.25) is 0 Å². The Morgan fingerprint density at radius 3 is 2.56 bits per heavy atom. The Bertz CT molecular complexity index is 857. The van der Waals surface area contributed by atoms with E-state index in [0.29, 0.717) is 17.6 Å². The van der Waals surface area contributed by atoms with Crippen LogP contribution in [0.2, 0.25) is 0 Å². The van der Waals surface area contributed by atoms with Crippen LogP contribution in [0.1, 0.15) is 39.0 Å². The van der Waals surface area contributed by atoms with E-state index >= 15 is 0 Å². The first-order valence-electron chi connectivity index (χ1n) is 8.48. The van der Waals surface area contributed by atoms with E-state index in [1.807, 2.05) is 24.3 Å². The number of halogens is 1. The number of ketones is 1. The van der Waals surface area contributed by atoms with E-state index in [1.54, 1.807) is 6.08 Å². The highest BCUT2D eigenvalue weighted by atomic mass is 79.9. The molecule has 2 amide bonds. The molecule has 3 aliphatic carbocycles. The van der Waals surface area contributed by atoms with Gasteiger partial charge in [0.1, 0.15) is 5.78 Å². The Hall–Kier alpha value is -1.97. The highest BCUT2D eigenvalue weighted by Crippen LogP contribution is 2.46. The molecule has 0 spiro atoms. The molecular weight excluding hydrogens is 382 g/mol. The molecule has 1 unspecified atom stereocenters. The van der Waals surface area contributed by atoms with E-state index in [4.69, 9.17) is 0 Å². The maximum absolute atomic E-state index is 13.0. The summed E-state index contributed by atoms with van der Waals surface area (Å²) in [6.07, 6.45) is 12.1. The zero-order valence-corrected chi connectivity index (χ0v) is 15.6. The molecule has 0 aromatic carbocycles.